The lowest BCUT2D eigenvalue weighted by Gasteiger charge is -2.30. The van der Waals surface area contributed by atoms with Crippen LogP contribution in [0.25, 0.3) is 0 Å². The van der Waals surface area contributed by atoms with Crippen molar-refractivity contribution in [3.63, 3.8) is 0 Å². The van der Waals surface area contributed by atoms with Gasteiger partial charge in [0.25, 0.3) is 0 Å². The van der Waals surface area contributed by atoms with Gasteiger partial charge >= 0.3 is 0 Å². The molecule has 1 N–H and O–H groups in total. The first kappa shape index (κ1) is 11.2. The Morgan fingerprint density at radius 3 is 2.88 bits per heavy atom. The van der Waals surface area contributed by atoms with Crippen molar-refractivity contribution in [2.45, 2.75) is 26.2 Å². The van der Waals surface area contributed by atoms with Gasteiger partial charge in [0, 0.05) is 20.1 Å². The van der Waals surface area contributed by atoms with E-state index in [0.29, 0.717) is 0 Å². The van der Waals surface area contributed by atoms with E-state index in [1.165, 1.54) is 19.3 Å². The fourth-order valence-electron chi connectivity index (χ4n) is 2.07. The number of hydrogen-bond acceptors (Lipinski definition) is 3. The highest BCUT2D eigenvalue weighted by molar-refractivity contribution is 5.46. The van der Waals surface area contributed by atoms with E-state index in [9.17, 15) is 0 Å². The molecule has 88 valence electrons. The standard InChI is InChI=1S/C13H21N3/c1-3-14-12-8-5-9-13(15-12)16(2)10-11-6-4-7-11/h5,8-9,11H,3-4,6-7,10H2,1-2H3,(H,14,15). The Balaban J connectivity index is 1.97. The summed E-state index contributed by atoms with van der Waals surface area (Å²) >= 11 is 0. The van der Waals surface area contributed by atoms with Gasteiger partial charge in [0.2, 0.25) is 0 Å². The van der Waals surface area contributed by atoms with Gasteiger partial charge in [-0.25, -0.2) is 4.98 Å². The lowest BCUT2D eigenvalue weighted by atomic mass is 9.85. The smallest absolute Gasteiger partial charge is 0.130 e. The fraction of sp³-hybridized carbons (Fsp3) is 0.615. The zero-order valence-electron chi connectivity index (χ0n) is 10.2. The van der Waals surface area contributed by atoms with E-state index in [1.807, 2.05) is 6.07 Å². The lowest BCUT2D eigenvalue weighted by molar-refractivity contribution is 0.321. The maximum atomic E-state index is 4.59. The van der Waals surface area contributed by atoms with E-state index in [-0.39, 0.29) is 0 Å². The SMILES string of the molecule is CCNc1cccc(N(C)CC2CCC2)n1. The molecule has 0 bridgehead atoms. The normalized spacial score (nSPS) is 15.6. The first-order valence-corrected chi connectivity index (χ1v) is 6.21. The largest absolute Gasteiger partial charge is 0.370 e. The summed E-state index contributed by atoms with van der Waals surface area (Å²) in [4.78, 5) is 6.86. The van der Waals surface area contributed by atoms with E-state index in [4.69, 9.17) is 0 Å². The molecule has 1 aromatic rings. The van der Waals surface area contributed by atoms with Crippen LogP contribution in [0.1, 0.15) is 26.2 Å². The van der Waals surface area contributed by atoms with Crippen LogP contribution in [0, 0.1) is 5.92 Å². The highest BCUT2D eigenvalue weighted by atomic mass is 15.2. The Morgan fingerprint density at radius 1 is 1.44 bits per heavy atom. The Labute approximate surface area is 97.9 Å². The van der Waals surface area contributed by atoms with E-state index in [0.717, 1.165) is 30.6 Å². The van der Waals surface area contributed by atoms with Gasteiger partial charge in [0.15, 0.2) is 0 Å². The average Bonchev–Trinajstić information content (AvgIpc) is 2.24. The maximum absolute atomic E-state index is 4.59. The van der Waals surface area contributed by atoms with Gasteiger partial charge in [-0.2, -0.15) is 0 Å². The first-order valence-electron chi connectivity index (χ1n) is 6.21. The predicted octanol–water partition coefficient (Wildman–Crippen LogP) is 2.75. The first-order chi connectivity index (χ1) is 7.79. The Morgan fingerprint density at radius 2 is 2.25 bits per heavy atom. The topological polar surface area (TPSA) is 28.2 Å². The van der Waals surface area contributed by atoms with Crippen LogP contribution in [-0.4, -0.2) is 25.1 Å². The summed E-state index contributed by atoms with van der Waals surface area (Å²) in [6.07, 6.45) is 4.18. The van der Waals surface area contributed by atoms with Gasteiger partial charge < -0.3 is 10.2 Å². The number of anilines is 2. The summed E-state index contributed by atoms with van der Waals surface area (Å²) in [5, 5.41) is 3.25. The van der Waals surface area contributed by atoms with Gasteiger partial charge in [0.05, 0.1) is 0 Å². The molecule has 1 aliphatic carbocycles. The monoisotopic (exact) mass is 219 g/mol. The zero-order valence-corrected chi connectivity index (χ0v) is 10.2. The van der Waals surface area contributed by atoms with Crippen LogP contribution in [0.3, 0.4) is 0 Å². The van der Waals surface area contributed by atoms with Crippen LogP contribution in [-0.2, 0) is 0 Å². The van der Waals surface area contributed by atoms with Gasteiger partial charge in [-0.15, -0.1) is 0 Å². The summed E-state index contributed by atoms with van der Waals surface area (Å²) < 4.78 is 0. The van der Waals surface area contributed by atoms with Crippen LogP contribution in [0.5, 0.6) is 0 Å². The molecule has 1 heterocycles. The Bertz CT molecular complexity index is 334. The maximum Gasteiger partial charge on any atom is 0.130 e. The van der Waals surface area contributed by atoms with Crippen LogP contribution in [0.15, 0.2) is 18.2 Å². The lowest BCUT2D eigenvalue weighted by Crippen LogP contribution is -2.29. The number of rotatable bonds is 5. The number of nitrogens with zero attached hydrogens (tertiary/aromatic N) is 2. The van der Waals surface area contributed by atoms with Crippen LogP contribution in [0.4, 0.5) is 11.6 Å². The predicted molar refractivity (Wildman–Crippen MR) is 69.0 cm³/mol. The molecule has 3 heteroatoms. The summed E-state index contributed by atoms with van der Waals surface area (Å²) in [7, 11) is 2.14. The van der Waals surface area contributed by atoms with Crippen molar-refractivity contribution >= 4 is 11.6 Å². The molecule has 0 radical (unpaired) electrons. The van der Waals surface area contributed by atoms with Crippen molar-refractivity contribution in [3.05, 3.63) is 18.2 Å². The summed E-state index contributed by atoms with van der Waals surface area (Å²) in [5.74, 6) is 2.93. The number of pyridine rings is 1. The molecule has 0 aromatic carbocycles. The minimum atomic E-state index is 0.884. The number of aromatic nitrogens is 1. The van der Waals surface area contributed by atoms with Gasteiger partial charge in [-0.1, -0.05) is 12.5 Å². The molecule has 1 fully saturated rings. The highest BCUT2D eigenvalue weighted by Gasteiger charge is 2.19. The summed E-state index contributed by atoms with van der Waals surface area (Å²) in [5.41, 5.74) is 0. The van der Waals surface area contributed by atoms with Crippen LogP contribution >= 0.6 is 0 Å². The molecule has 0 atom stereocenters. The van der Waals surface area contributed by atoms with Crippen molar-refractivity contribution < 1.29 is 0 Å². The van der Waals surface area contributed by atoms with Crippen LogP contribution < -0.4 is 10.2 Å². The van der Waals surface area contributed by atoms with Gasteiger partial charge in [-0.05, 0) is 37.8 Å². The van der Waals surface area contributed by atoms with Crippen molar-refractivity contribution in [2.75, 3.05) is 30.4 Å². The molecule has 2 rings (SSSR count). The third-order valence-corrected chi connectivity index (χ3v) is 3.24. The number of hydrogen-bond donors (Lipinski definition) is 1. The molecule has 0 aliphatic heterocycles. The zero-order chi connectivity index (χ0) is 11.4. The molecule has 3 nitrogen and oxygen atoms in total. The average molecular weight is 219 g/mol. The van der Waals surface area contributed by atoms with Crippen molar-refractivity contribution in [2.24, 2.45) is 5.92 Å². The molecular weight excluding hydrogens is 198 g/mol. The third kappa shape index (κ3) is 2.65. The van der Waals surface area contributed by atoms with Gasteiger partial charge in [0.1, 0.15) is 11.6 Å². The Hall–Kier alpha value is -1.25. The third-order valence-electron chi connectivity index (χ3n) is 3.24. The molecule has 1 aliphatic rings. The quantitative estimate of drug-likeness (QED) is 0.825. The minimum absolute atomic E-state index is 0.884. The van der Waals surface area contributed by atoms with Crippen LogP contribution in [0.2, 0.25) is 0 Å². The van der Waals surface area contributed by atoms with E-state index in [2.05, 4.69) is 41.3 Å². The molecule has 1 saturated carbocycles. The van der Waals surface area contributed by atoms with Crippen molar-refractivity contribution in [3.8, 4) is 0 Å². The second-order valence-electron chi connectivity index (χ2n) is 4.59. The highest BCUT2D eigenvalue weighted by Crippen LogP contribution is 2.28. The molecule has 0 spiro atoms. The molecular formula is C13H21N3. The van der Waals surface area contributed by atoms with Crippen molar-refractivity contribution in [1.82, 2.24) is 4.98 Å². The number of nitrogens with one attached hydrogen (secondary N) is 1. The fourth-order valence-corrected chi connectivity index (χ4v) is 2.07. The van der Waals surface area contributed by atoms with E-state index in [1.54, 1.807) is 0 Å². The van der Waals surface area contributed by atoms with Crippen molar-refractivity contribution in [1.29, 1.82) is 0 Å². The molecule has 16 heavy (non-hydrogen) atoms. The molecule has 0 amide bonds. The van der Waals surface area contributed by atoms with Gasteiger partial charge in [-0.3, -0.25) is 0 Å². The Kier molecular flexibility index (Phi) is 3.65. The molecule has 0 unspecified atom stereocenters. The second-order valence-corrected chi connectivity index (χ2v) is 4.59. The molecule has 1 aromatic heterocycles. The van der Waals surface area contributed by atoms with E-state index >= 15 is 0 Å². The summed E-state index contributed by atoms with van der Waals surface area (Å²) in [6, 6.07) is 6.17. The minimum Gasteiger partial charge on any atom is -0.370 e. The second kappa shape index (κ2) is 5.19. The summed E-state index contributed by atoms with van der Waals surface area (Å²) in [6.45, 7) is 4.15. The van der Waals surface area contributed by atoms with E-state index < -0.39 is 0 Å². The molecule has 0 saturated heterocycles.